The number of ether oxygens (including phenoxy) is 1. The van der Waals surface area contributed by atoms with E-state index < -0.39 is 0 Å². The summed E-state index contributed by atoms with van der Waals surface area (Å²) in [6.07, 6.45) is 4.87. The number of carbonyl (C=O) groups excluding carboxylic acids is 1. The molecule has 130 valence electrons. The molecule has 8 nitrogen and oxygen atoms in total. The topological polar surface area (TPSA) is 88.1 Å². The van der Waals surface area contributed by atoms with Gasteiger partial charge in [0.25, 0.3) is 0 Å². The predicted molar refractivity (Wildman–Crippen MR) is 89.8 cm³/mol. The van der Waals surface area contributed by atoms with Crippen LogP contribution in [0.1, 0.15) is 31.4 Å². The minimum atomic E-state index is -0.239. The molecule has 1 saturated carbocycles. The zero-order valence-electron chi connectivity index (χ0n) is 14.2. The molecule has 2 N–H and O–H groups in total. The number of hydrogen-bond acceptors (Lipinski definition) is 5. The van der Waals surface area contributed by atoms with Gasteiger partial charge in [0, 0.05) is 19.6 Å². The molecule has 2 aliphatic rings. The predicted octanol–water partition coefficient (Wildman–Crippen LogP) is 1.19. The molecule has 2 aromatic heterocycles. The molecule has 2 aromatic rings. The number of anilines is 1. The Hall–Kier alpha value is -1.93. The maximum absolute atomic E-state index is 12.9. The van der Waals surface area contributed by atoms with Gasteiger partial charge in [0.05, 0.1) is 24.3 Å². The van der Waals surface area contributed by atoms with Crippen molar-refractivity contribution in [3.8, 4) is 0 Å². The number of rotatable bonds is 3. The zero-order valence-corrected chi connectivity index (χ0v) is 14.2. The standard InChI is InChI=1S/C16H24N6O2/c1-10-13-14(18-19-15(13)21(2)20-10)17-16(23)12-9-24-8-7-22(12)11-5-3-4-6-11/h11-12H,3-9H2,1-2H3,(H2,17,18,19,23)/t12-/m0/s1. The third-order valence-corrected chi connectivity index (χ3v) is 5.23. The van der Waals surface area contributed by atoms with Gasteiger partial charge in [0.2, 0.25) is 5.91 Å². The van der Waals surface area contributed by atoms with Gasteiger partial charge in [-0.2, -0.15) is 10.2 Å². The molecule has 1 aliphatic carbocycles. The van der Waals surface area contributed by atoms with E-state index in [9.17, 15) is 4.79 Å². The summed E-state index contributed by atoms with van der Waals surface area (Å²) in [5.41, 5.74) is 1.60. The van der Waals surface area contributed by atoms with Crippen LogP contribution in [-0.2, 0) is 16.6 Å². The van der Waals surface area contributed by atoms with E-state index in [2.05, 4.69) is 25.5 Å². The van der Waals surface area contributed by atoms with Gasteiger partial charge < -0.3 is 10.1 Å². The second-order valence-electron chi connectivity index (χ2n) is 6.76. The molecule has 24 heavy (non-hydrogen) atoms. The number of H-pyrrole nitrogens is 1. The van der Waals surface area contributed by atoms with Crippen molar-refractivity contribution >= 4 is 22.8 Å². The van der Waals surface area contributed by atoms with E-state index in [-0.39, 0.29) is 11.9 Å². The smallest absolute Gasteiger partial charge is 0.245 e. The average molecular weight is 332 g/mol. The number of nitrogens with one attached hydrogen (secondary N) is 2. The molecule has 0 aromatic carbocycles. The number of carbonyl (C=O) groups is 1. The van der Waals surface area contributed by atoms with Gasteiger partial charge in [0.15, 0.2) is 5.65 Å². The Morgan fingerprint density at radius 3 is 2.96 bits per heavy atom. The Balaban J connectivity index is 1.55. The molecule has 1 amide bonds. The van der Waals surface area contributed by atoms with Gasteiger partial charge in [-0.3, -0.25) is 14.8 Å². The number of aromatic nitrogens is 4. The Morgan fingerprint density at radius 2 is 2.17 bits per heavy atom. The van der Waals surface area contributed by atoms with Crippen molar-refractivity contribution in [2.24, 2.45) is 7.05 Å². The first kappa shape index (κ1) is 15.6. The Labute approximate surface area is 140 Å². The van der Waals surface area contributed by atoms with Crippen LogP contribution in [0.2, 0.25) is 0 Å². The van der Waals surface area contributed by atoms with Crippen LogP contribution in [0, 0.1) is 6.92 Å². The summed E-state index contributed by atoms with van der Waals surface area (Å²) in [4.78, 5) is 15.2. The molecule has 8 heteroatoms. The van der Waals surface area contributed by atoms with E-state index in [1.807, 2.05) is 14.0 Å². The van der Waals surface area contributed by atoms with Gasteiger partial charge in [-0.1, -0.05) is 12.8 Å². The summed E-state index contributed by atoms with van der Waals surface area (Å²) in [5.74, 6) is 0.591. The molecular weight excluding hydrogens is 308 g/mol. The van der Waals surface area contributed by atoms with E-state index in [0.717, 1.165) is 23.3 Å². The van der Waals surface area contributed by atoms with Crippen molar-refractivity contribution in [1.82, 2.24) is 24.9 Å². The minimum absolute atomic E-state index is 0.0320. The lowest BCUT2D eigenvalue weighted by atomic mass is 10.1. The quantitative estimate of drug-likeness (QED) is 0.881. The summed E-state index contributed by atoms with van der Waals surface area (Å²) in [6.45, 7) is 3.90. The molecule has 0 radical (unpaired) electrons. The molecule has 0 spiro atoms. The molecule has 0 bridgehead atoms. The van der Waals surface area contributed by atoms with Crippen LogP contribution in [0.5, 0.6) is 0 Å². The van der Waals surface area contributed by atoms with Crippen molar-refractivity contribution in [1.29, 1.82) is 0 Å². The molecule has 1 aliphatic heterocycles. The highest BCUT2D eigenvalue weighted by atomic mass is 16.5. The number of morpholine rings is 1. The van der Waals surface area contributed by atoms with E-state index in [0.29, 0.717) is 25.1 Å². The summed E-state index contributed by atoms with van der Waals surface area (Å²) in [5, 5.41) is 15.4. The second-order valence-corrected chi connectivity index (χ2v) is 6.76. The third kappa shape index (κ3) is 2.59. The molecular formula is C16H24N6O2. The van der Waals surface area contributed by atoms with E-state index in [1.54, 1.807) is 4.68 Å². The highest BCUT2D eigenvalue weighted by Gasteiger charge is 2.35. The van der Waals surface area contributed by atoms with Crippen LogP contribution >= 0.6 is 0 Å². The van der Waals surface area contributed by atoms with Gasteiger partial charge in [-0.05, 0) is 19.8 Å². The van der Waals surface area contributed by atoms with Gasteiger partial charge in [-0.25, -0.2) is 4.68 Å². The normalized spacial score (nSPS) is 23.2. The Morgan fingerprint density at radius 1 is 1.38 bits per heavy atom. The lowest BCUT2D eigenvalue weighted by molar-refractivity contribution is -0.129. The number of amides is 1. The number of fused-ring (bicyclic) bond motifs is 1. The minimum Gasteiger partial charge on any atom is -0.378 e. The van der Waals surface area contributed by atoms with Crippen LogP contribution in [0.15, 0.2) is 0 Å². The maximum Gasteiger partial charge on any atom is 0.245 e. The summed E-state index contributed by atoms with van der Waals surface area (Å²) in [6, 6.07) is 0.267. The first-order valence-corrected chi connectivity index (χ1v) is 8.67. The summed E-state index contributed by atoms with van der Waals surface area (Å²) < 4.78 is 7.30. The fourth-order valence-corrected chi connectivity index (χ4v) is 4.04. The van der Waals surface area contributed by atoms with E-state index >= 15 is 0 Å². The number of aryl methyl sites for hydroxylation is 2. The number of aromatic amines is 1. The molecule has 0 unspecified atom stereocenters. The van der Waals surface area contributed by atoms with Crippen molar-refractivity contribution in [3.63, 3.8) is 0 Å². The fraction of sp³-hybridized carbons (Fsp3) is 0.688. The lowest BCUT2D eigenvalue weighted by Gasteiger charge is -2.38. The zero-order chi connectivity index (χ0) is 16.7. The largest absolute Gasteiger partial charge is 0.378 e. The van der Waals surface area contributed by atoms with Crippen LogP contribution in [0.3, 0.4) is 0 Å². The average Bonchev–Trinajstić information content (AvgIpc) is 3.29. The van der Waals surface area contributed by atoms with Crippen LogP contribution in [0.4, 0.5) is 5.82 Å². The van der Waals surface area contributed by atoms with Crippen LogP contribution in [-0.4, -0.2) is 62.6 Å². The first-order chi connectivity index (χ1) is 11.6. The summed E-state index contributed by atoms with van der Waals surface area (Å²) >= 11 is 0. The third-order valence-electron chi connectivity index (χ3n) is 5.23. The SMILES string of the molecule is Cc1nn(C)c2n[nH]c(NC(=O)[C@@H]3COCCN3C3CCCC3)c12. The van der Waals surface area contributed by atoms with Gasteiger partial charge >= 0.3 is 0 Å². The fourth-order valence-electron chi connectivity index (χ4n) is 4.04. The number of hydrogen-bond donors (Lipinski definition) is 2. The summed E-state index contributed by atoms with van der Waals surface area (Å²) in [7, 11) is 1.85. The molecule has 2 fully saturated rings. The van der Waals surface area contributed by atoms with Gasteiger partial charge in [-0.15, -0.1) is 0 Å². The first-order valence-electron chi connectivity index (χ1n) is 8.67. The maximum atomic E-state index is 12.9. The monoisotopic (exact) mass is 332 g/mol. The van der Waals surface area contributed by atoms with Crippen molar-refractivity contribution in [3.05, 3.63) is 5.69 Å². The van der Waals surface area contributed by atoms with Crippen LogP contribution in [0.25, 0.3) is 11.0 Å². The Bertz CT molecular complexity index is 745. The highest BCUT2D eigenvalue weighted by molar-refractivity contribution is 6.02. The lowest BCUT2D eigenvalue weighted by Crippen LogP contribution is -2.55. The second kappa shape index (κ2) is 6.18. The van der Waals surface area contributed by atoms with E-state index in [4.69, 9.17) is 4.74 Å². The van der Waals surface area contributed by atoms with Crippen molar-refractivity contribution in [2.75, 3.05) is 25.1 Å². The number of nitrogens with zero attached hydrogens (tertiary/aromatic N) is 4. The van der Waals surface area contributed by atoms with Crippen molar-refractivity contribution in [2.45, 2.75) is 44.7 Å². The van der Waals surface area contributed by atoms with Crippen molar-refractivity contribution < 1.29 is 9.53 Å². The Kier molecular flexibility index (Phi) is 4.01. The molecule has 4 rings (SSSR count). The van der Waals surface area contributed by atoms with Crippen LogP contribution < -0.4 is 5.32 Å². The van der Waals surface area contributed by atoms with Gasteiger partial charge in [0.1, 0.15) is 11.9 Å². The van der Waals surface area contributed by atoms with E-state index in [1.165, 1.54) is 25.7 Å². The molecule has 1 saturated heterocycles. The molecule has 1 atom stereocenters. The highest BCUT2D eigenvalue weighted by Crippen LogP contribution is 2.28. The molecule has 3 heterocycles.